The number of nitrogens with zero attached hydrogens (tertiary/aromatic N) is 1. The van der Waals surface area contributed by atoms with Gasteiger partial charge in [0.15, 0.2) is 0 Å². The Kier molecular flexibility index (Phi) is 7.89. The van der Waals surface area contributed by atoms with E-state index in [1.165, 1.54) is 4.31 Å². The number of hydrogen-bond donors (Lipinski definition) is 1. The molecule has 5 rings (SSSR count). The van der Waals surface area contributed by atoms with Crippen LogP contribution in [-0.4, -0.2) is 27.5 Å². The third-order valence-electron chi connectivity index (χ3n) is 6.29. The summed E-state index contributed by atoms with van der Waals surface area (Å²) >= 11 is 0. The molecule has 6 nitrogen and oxygen atoms in total. The quantitative estimate of drug-likeness (QED) is 0.221. The van der Waals surface area contributed by atoms with Crippen LogP contribution >= 0.6 is 0 Å². The zero-order chi connectivity index (χ0) is 27.1. The van der Waals surface area contributed by atoms with E-state index in [1.807, 2.05) is 72.8 Å². The molecule has 0 spiro atoms. The van der Waals surface area contributed by atoms with Crippen molar-refractivity contribution in [3.63, 3.8) is 0 Å². The molecule has 5 aromatic carbocycles. The minimum atomic E-state index is -3.96. The van der Waals surface area contributed by atoms with Gasteiger partial charge in [-0.25, -0.2) is 8.42 Å². The monoisotopic (exact) mass is 536 g/mol. The second-order valence-corrected chi connectivity index (χ2v) is 10.8. The molecule has 0 aliphatic rings. The number of amides is 1. The van der Waals surface area contributed by atoms with E-state index in [9.17, 15) is 13.2 Å². The molecule has 0 saturated heterocycles. The molecule has 5 aromatic rings. The maximum absolute atomic E-state index is 13.8. The van der Waals surface area contributed by atoms with Gasteiger partial charge in [0.25, 0.3) is 15.9 Å². The zero-order valence-electron chi connectivity index (χ0n) is 21.2. The fourth-order valence-electron chi connectivity index (χ4n) is 4.34. The fraction of sp³-hybridized carbons (Fsp3) is 0.0938. The third kappa shape index (κ3) is 6.10. The zero-order valence-corrected chi connectivity index (χ0v) is 22.1. The van der Waals surface area contributed by atoms with Gasteiger partial charge in [0, 0.05) is 0 Å². The Bertz CT molecular complexity index is 1670. The highest BCUT2D eigenvalue weighted by atomic mass is 32.2. The largest absolute Gasteiger partial charge is 0.492 e. The van der Waals surface area contributed by atoms with Gasteiger partial charge in [-0.05, 0) is 52.7 Å². The van der Waals surface area contributed by atoms with Crippen LogP contribution < -0.4 is 14.4 Å². The van der Waals surface area contributed by atoms with Crippen LogP contribution in [0.5, 0.6) is 5.75 Å². The first-order valence-corrected chi connectivity index (χ1v) is 14.1. The van der Waals surface area contributed by atoms with Crippen LogP contribution in [0.25, 0.3) is 10.8 Å². The van der Waals surface area contributed by atoms with Crippen molar-refractivity contribution in [3.05, 3.63) is 139 Å². The summed E-state index contributed by atoms with van der Waals surface area (Å²) in [7, 11) is -3.96. The average Bonchev–Trinajstić information content (AvgIpc) is 2.99. The topological polar surface area (TPSA) is 75.7 Å². The normalized spacial score (nSPS) is 11.2. The summed E-state index contributed by atoms with van der Waals surface area (Å²) in [6.45, 7) is 0.597. The van der Waals surface area contributed by atoms with E-state index in [0.717, 1.165) is 16.3 Å². The van der Waals surface area contributed by atoms with Crippen LogP contribution in [0.2, 0.25) is 0 Å². The predicted molar refractivity (Wildman–Crippen MR) is 154 cm³/mol. The Morgan fingerprint density at radius 1 is 0.718 bits per heavy atom. The maximum Gasteiger partial charge on any atom is 0.264 e. The van der Waals surface area contributed by atoms with Gasteiger partial charge in [0.2, 0.25) is 0 Å². The molecule has 0 unspecified atom stereocenters. The lowest BCUT2D eigenvalue weighted by molar-refractivity contribution is 0.0947. The van der Waals surface area contributed by atoms with Gasteiger partial charge in [-0.15, -0.1) is 0 Å². The molecule has 1 amide bonds. The minimum Gasteiger partial charge on any atom is -0.492 e. The van der Waals surface area contributed by atoms with Crippen molar-refractivity contribution in [2.45, 2.75) is 11.4 Å². The highest BCUT2D eigenvalue weighted by molar-refractivity contribution is 7.92. The second kappa shape index (κ2) is 11.8. The number of nitrogens with one attached hydrogen (secondary N) is 1. The molecule has 0 aliphatic heterocycles. The summed E-state index contributed by atoms with van der Waals surface area (Å²) < 4.78 is 34.7. The van der Waals surface area contributed by atoms with Crippen molar-refractivity contribution in [2.75, 3.05) is 17.5 Å². The average molecular weight is 537 g/mol. The number of ether oxygens (including phenoxy) is 1. The molecular weight excluding hydrogens is 508 g/mol. The van der Waals surface area contributed by atoms with Crippen molar-refractivity contribution in [3.8, 4) is 5.75 Å². The Balaban J connectivity index is 1.35. The highest BCUT2D eigenvalue weighted by Crippen LogP contribution is 2.29. The summed E-state index contributed by atoms with van der Waals surface area (Å²) in [4.78, 5) is 13.4. The number of anilines is 1. The van der Waals surface area contributed by atoms with Gasteiger partial charge < -0.3 is 10.1 Å². The van der Waals surface area contributed by atoms with Crippen molar-refractivity contribution in [1.82, 2.24) is 5.32 Å². The van der Waals surface area contributed by atoms with Crippen molar-refractivity contribution >= 4 is 32.4 Å². The molecule has 0 bridgehead atoms. The number of carbonyl (C=O) groups excluding carboxylic acids is 1. The Labute approximate surface area is 228 Å². The van der Waals surface area contributed by atoms with E-state index in [4.69, 9.17) is 4.74 Å². The van der Waals surface area contributed by atoms with Crippen LogP contribution in [0, 0.1) is 0 Å². The number of rotatable bonds is 10. The number of para-hydroxylation sites is 1. The first kappa shape index (κ1) is 26.0. The Morgan fingerprint density at radius 2 is 1.36 bits per heavy atom. The molecule has 0 atom stereocenters. The predicted octanol–water partition coefficient (Wildman–Crippen LogP) is 6.04. The Morgan fingerprint density at radius 3 is 2.13 bits per heavy atom. The number of sulfonamides is 1. The SMILES string of the molecule is O=C(NCCOc1ccc2ccccc2c1)c1ccccc1N(Cc1ccccc1)S(=O)(=O)c1ccccc1. The lowest BCUT2D eigenvalue weighted by atomic mass is 10.1. The van der Waals surface area contributed by atoms with Gasteiger partial charge in [-0.3, -0.25) is 9.10 Å². The van der Waals surface area contributed by atoms with Gasteiger partial charge in [0.05, 0.1) is 29.2 Å². The molecular formula is C32H28N2O4S. The lowest BCUT2D eigenvalue weighted by Gasteiger charge is -2.26. The molecule has 39 heavy (non-hydrogen) atoms. The van der Waals surface area contributed by atoms with Gasteiger partial charge in [-0.1, -0.05) is 91.0 Å². The third-order valence-corrected chi connectivity index (χ3v) is 8.07. The van der Waals surface area contributed by atoms with E-state index in [0.29, 0.717) is 11.4 Å². The van der Waals surface area contributed by atoms with E-state index >= 15 is 0 Å². The summed E-state index contributed by atoms with van der Waals surface area (Å²) in [5.74, 6) is 0.334. The van der Waals surface area contributed by atoms with Crippen molar-refractivity contribution < 1.29 is 17.9 Å². The smallest absolute Gasteiger partial charge is 0.264 e. The van der Waals surface area contributed by atoms with E-state index in [-0.39, 0.29) is 36.1 Å². The Hall–Kier alpha value is -4.62. The molecule has 0 saturated carbocycles. The van der Waals surface area contributed by atoms with Crippen LogP contribution in [0.4, 0.5) is 5.69 Å². The number of hydrogen-bond acceptors (Lipinski definition) is 4. The summed E-state index contributed by atoms with van der Waals surface area (Å²) in [6.07, 6.45) is 0. The van der Waals surface area contributed by atoms with Gasteiger partial charge in [0.1, 0.15) is 12.4 Å². The molecule has 0 aromatic heterocycles. The number of fused-ring (bicyclic) bond motifs is 1. The molecule has 196 valence electrons. The summed E-state index contributed by atoms with van der Waals surface area (Å²) in [6, 6.07) is 38.2. The number of benzene rings is 5. The summed E-state index contributed by atoms with van der Waals surface area (Å²) in [5.41, 5.74) is 1.37. The lowest BCUT2D eigenvalue weighted by Crippen LogP contribution is -2.34. The standard InChI is InChI=1S/C32H28N2O4S/c35-32(33-21-22-38-28-20-19-26-13-7-8-14-27(26)23-28)30-17-9-10-18-31(30)34(24-25-11-3-1-4-12-25)39(36,37)29-15-5-2-6-16-29/h1-20,23H,21-22,24H2,(H,33,35). The molecule has 0 fully saturated rings. The first-order chi connectivity index (χ1) is 19.0. The second-order valence-electron chi connectivity index (χ2n) is 8.94. The molecule has 0 aliphatic carbocycles. The minimum absolute atomic E-state index is 0.0768. The molecule has 1 N–H and O–H groups in total. The van der Waals surface area contributed by atoms with Crippen LogP contribution in [0.3, 0.4) is 0 Å². The van der Waals surface area contributed by atoms with Gasteiger partial charge in [-0.2, -0.15) is 0 Å². The van der Waals surface area contributed by atoms with E-state index < -0.39 is 10.0 Å². The van der Waals surface area contributed by atoms with Crippen LogP contribution in [0.15, 0.2) is 132 Å². The molecule has 0 heterocycles. The molecule has 0 radical (unpaired) electrons. The highest BCUT2D eigenvalue weighted by Gasteiger charge is 2.28. The summed E-state index contributed by atoms with van der Waals surface area (Å²) in [5, 5.41) is 5.07. The van der Waals surface area contributed by atoms with Crippen LogP contribution in [0.1, 0.15) is 15.9 Å². The van der Waals surface area contributed by atoms with Crippen LogP contribution in [-0.2, 0) is 16.6 Å². The molecule has 7 heteroatoms. The first-order valence-electron chi connectivity index (χ1n) is 12.6. The van der Waals surface area contributed by atoms with E-state index in [1.54, 1.807) is 54.6 Å². The maximum atomic E-state index is 13.8. The fourth-order valence-corrected chi connectivity index (χ4v) is 5.83. The van der Waals surface area contributed by atoms with Gasteiger partial charge >= 0.3 is 0 Å². The van der Waals surface area contributed by atoms with E-state index in [2.05, 4.69) is 5.32 Å². The van der Waals surface area contributed by atoms with Crippen molar-refractivity contribution in [2.24, 2.45) is 0 Å². The van der Waals surface area contributed by atoms with Crippen molar-refractivity contribution in [1.29, 1.82) is 0 Å². The number of carbonyl (C=O) groups is 1.